The summed E-state index contributed by atoms with van der Waals surface area (Å²) in [4.78, 5) is 1.40. The van der Waals surface area contributed by atoms with Crippen molar-refractivity contribution in [2.45, 2.75) is 13.5 Å². The summed E-state index contributed by atoms with van der Waals surface area (Å²) in [6, 6.07) is 9.61. The van der Waals surface area contributed by atoms with Gasteiger partial charge in [0.05, 0.1) is 12.3 Å². The number of hydrogen-bond acceptors (Lipinski definition) is 5. The minimum atomic E-state index is -0.114. The van der Waals surface area contributed by atoms with E-state index in [2.05, 4.69) is 20.5 Å². The van der Waals surface area contributed by atoms with Crippen molar-refractivity contribution in [2.75, 3.05) is 0 Å². The number of rotatable bonds is 3. The maximum absolute atomic E-state index is 9.46. The van der Waals surface area contributed by atoms with Gasteiger partial charge in [-0.25, -0.2) is 4.68 Å². The first-order chi connectivity index (χ1) is 9.70. The molecule has 0 saturated heterocycles. The van der Waals surface area contributed by atoms with Crippen molar-refractivity contribution in [2.24, 2.45) is 7.05 Å². The van der Waals surface area contributed by atoms with Gasteiger partial charge in [0.15, 0.2) is 5.82 Å². The Morgan fingerprint density at radius 1 is 1.15 bits per heavy atom. The number of aromatic nitrogens is 6. The van der Waals surface area contributed by atoms with Crippen LogP contribution < -0.4 is 0 Å². The largest absolute Gasteiger partial charge is 0.391 e. The van der Waals surface area contributed by atoms with Gasteiger partial charge in [-0.2, -0.15) is 5.10 Å². The lowest BCUT2D eigenvalue weighted by molar-refractivity contribution is 0.280. The molecule has 0 aliphatic carbocycles. The van der Waals surface area contributed by atoms with Crippen LogP contribution in [0.4, 0.5) is 0 Å². The van der Waals surface area contributed by atoms with E-state index >= 15 is 0 Å². The lowest BCUT2D eigenvalue weighted by atomic mass is 10.2. The Morgan fingerprint density at radius 3 is 2.60 bits per heavy atom. The quantitative estimate of drug-likeness (QED) is 0.763. The molecule has 0 radical (unpaired) electrons. The molecule has 2 aromatic heterocycles. The van der Waals surface area contributed by atoms with Crippen LogP contribution in [0.2, 0.25) is 0 Å². The van der Waals surface area contributed by atoms with Gasteiger partial charge in [0, 0.05) is 18.2 Å². The molecular weight excluding hydrogens is 256 g/mol. The fourth-order valence-corrected chi connectivity index (χ4v) is 2.13. The summed E-state index contributed by atoms with van der Waals surface area (Å²) < 4.78 is 1.64. The maximum Gasteiger partial charge on any atom is 0.205 e. The van der Waals surface area contributed by atoms with E-state index in [1.807, 2.05) is 37.3 Å². The summed E-state index contributed by atoms with van der Waals surface area (Å²) in [5.74, 6) is 1.16. The first-order valence-electron chi connectivity index (χ1n) is 6.20. The first-order valence-corrected chi connectivity index (χ1v) is 6.20. The molecule has 7 heteroatoms. The number of aliphatic hydroxyl groups is 1. The van der Waals surface area contributed by atoms with E-state index in [9.17, 15) is 5.11 Å². The molecule has 102 valence electrons. The second-order valence-corrected chi connectivity index (χ2v) is 4.44. The van der Waals surface area contributed by atoms with Gasteiger partial charge in [-0.1, -0.05) is 30.3 Å². The Hall–Kier alpha value is -2.54. The summed E-state index contributed by atoms with van der Waals surface area (Å²) >= 11 is 0. The van der Waals surface area contributed by atoms with Gasteiger partial charge in [-0.15, -0.1) is 15.0 Å². The SMILES string of the molecule is Cc1nn(C)c(-n2nnc(-c3ccccc3)n2)c1CO. The molecule has 0 unspecified atom stereocenters. The molecule has 1 aromatic carbocycles. The Kier molecular flexibility index (Phi) is 3.03. The highest BCUT2D eigenvalue weighted by molar-refractivity contribution is 5.53. The summed E-state index contributed by atoms with van der Waals surface area (Å²) in [7, 11) is 1.78. The first kappa shape index (κ1) is 12.5. The average Bonchev–Trinajstić information content (AvgIpc) is 3.03. The fraction of sp³-hybridized carbons (Fsp3) is 0.231. The van der Waals surface area contributed by atoms with Crippen molar-refractivity contribution in [3.8, 4) is 17.2 Å². The predicted molar refractivity (Wildman–Crippen MR) is 72.0 cm³/mol. The minimum Gasteiger partial charge on any atom is -0.391 e. The summed E-state index contributed by atoms with van der Waals surface area (Å²) in [5.41, 5.74) is 2.34. The number of nitrogens with zero attached hydrogens (tertiary/aromatic N) is 6. The molecule has 20 heavy (non-hydrogen) atoms. The molecule has 0 aliphatic heterocycles. The molecule has 0 bridgehead atoms. The number of tetrazole rings is 1. The third-order valence-corrected chi connectivity index (χ3v) is 3.11. The molecule has 3 aromatic rings. The van der Waals surface area contributed by atoms with Crippen molar-refractivity contribution in [1.82, 2.24) is 30.0 Å². The smallest absolute Gasteiger partial charge is 0.205 e. The molecule has 0 amide bonds. The molecule has 2 heterocycles. The van der Waals surface area contributed by atoms with Crippen molar-refractivity contribution in [3.63, 3.8) is 0 Å². The van der Waals surface area contributed by atoms with Crippen LogP contribution in [0, 0.1) is 6.92 Å². The highest BCUT2D eigenvalue weighted by Crippen LogP contribution is 2.18. The van der Waals surface area contributed by atoms with Gasteiger partial charge >= 0.3 is 0 Å². The van der Waals surface area contributed by atoms with Crippen molar-refractivity contribution >= 4 is 0 Å². The van der Waals surface area contributed by atoms with E-state index < -0.39 is 0 Å². The van der Waals surface area contributed by atoms with Gasteiger partial charge in [-0.3, -0.25) is 0 Å². The second-order valence-electron chi connectivity index (χ2n) is 4.44. The molecule has 1 N–H and O–H groups in total. The summed E-state index contributed by atoms with van der Waals surface area (Å²) in [6.07, 6.45) is 0. The number of hydrogen-bond donors (Lipinski definition) is 1. The second kappa shape index (κ2) is 4.86. The fourth-order valence-electron chi connectivity index (χ4n) is 2.13. The van der Waals surface area contributed by atoms with Crippen LogP contribution >= 0.6 is 0 Å². The number of aryl methyl sites for hydroxylation is 2. The average molecular weight is 270 g/mol. The van der Waals surface area contributed by atoms with Crippen molar-refractivity contribution in [3.05, 3.63) is 41.6 Å². The van der Waals surface area contributed by atoms with E-state index in [1.165, 1.54) is 4.80 Å². The van der Waals surface area contributed by atoms with Gasteiger partial charge in [-0.05, 0) is 12.1 Å². The Bertz CT molecular complexity index is 731. The molecule has 0 aliphatic rings. The molecule has 7 nitrogen and oxygen atoms in total. The van der Waals surface area contributed by atoms with Crippen LogP contribution in [-0.2, 0) is 13.7 Å². The number of aliphatic hydroxyl groups excluding tert-OH is 1. The van der Waals surface area contributed by atoms with Crippen LogP contribution in [0.1, 0.15) is 11.3 Å². The van der Waals surface area contributed by atoms with Crippen molar-refractivity contribution < 1.29 is 5.11 Å². The van der Waals surface area contributed by atoms with Crippen LogP contribution in [0.5, 0.6) is 0 Å². The van der Waals surface area contributed by atoms with Crippen LogP contribution in [0.25, 0.3) is 17.2 Å². The lowest BCUT2D eigenvalue weighted by Crippen LogP contribution is -2.08. The third-order valence-electron chi connectivity index (χ3n) is 3.11. The highest BCUT2D eigenvalue weighted by atomic mass is 16.3. The third kappa shape index (κ3) is 1.97. The zero-order valence-corrected chi connectivity index (χ0v) is 11.2. The van der Waals surface area contributed by atoms with Crippen LogP contribution in [-0.4, -0.2) is 35.1 Å². The molecule has 0 fully saturated rings. The van der Waals surface area contributed by atoms with Gasteiger partial charge < -0.3 is 5.11 Å². The zero-order chi connectivity index (χ0) is 14.1. The van der Waals surface area contributed by atoms with E-state index in [1.54, 1.807) is 11.7 Å². The monoisotopic (exact) mass is 270 g/mol. The molecule has 0 atom stereocenters. The van der Waals surface area contributed by atoms with Gasteiger partial charge in [0.25, 0.3) is 0 Å². The molecular formula is C13H14N6O. The lowest BCUT2D eigenvalue weighted by Gasteiger charge is -2.01. The Morgan fingerprint density at radius 2 is 1.90 bits per heavy atom. The van der Waals surface area contributed by atoms with Crippen LogP contribution in [0.3, 0.4) is 0 Å². The minimum absolute atomic E-state index is 0.114. The van der Waals surface area contributed by atoms with Gasteiger partial charge in [0.1, 0.15) is 0 Å². The standard InChI is InChI=1S/C13H14N6O/c1-9-11(8-20)13(18(2)15-9)19-16-12(14-17-19)10-6-4-3-5-7-10/h3-7,20H,8H2,1-2H3. The Balaban J connectivity index is 2.07. The molecule has 0 saturated carbocycles. The Labute approximate surface area is 115 Å². The summed E-state index contributed by atoms with van der Waals surface area (Å²) in [6.45, 7) is 1.72. The molecule has 0 spiro atoms. The normalized spacial score (nSPS) is 10.9. The highest BCUT2D eigenvalue weighted by Gasteiger charge is 2.17. The predicted octanol–water partition coefficient (Wildman–Crippen LogP) is 0.864. The summed E-state index contributed by atoms with van der Waals surface area (Å²) in [5, 5.41) is 26.2. The van der Waals surface area contributed by atoms with E-state index in [4.69, 9.17) is 0 Å². The zero-order valence-electron chi connectivity index (χ0n) is 11.2. The number of benzene rings is 1. The molecule has 3 rings (SSSR count). The topological polar surface area (TPSA) is 81.7 Å². The maximum atomic E-state index is 9.46. The van der Waals surface area contributed by atoms with E-state index in [-0.39, 0.29) is 6.61 Å². The van der Waals surface area contributed by atoms with E-state index in [0.29, 0.717) is 17.2 Å². The van der Waals surface area contributed by atoms with E-state index in [0.717, 1.165) is 11.3 Å². The van der Waals surface area contributed by atoms with Gasteiger partial charge in [0.2, 0.25) is 5.82 Å². The van der Waals surface area contributed by atoms with Crippen LogP contribution in [0.15, 0.2) is 30.3 Å². The van der Waals surface area contributed by atoms with Crippen molar-refractivity contribution in [1.29, 1.82) is 0 Å².